The minimum Gasteiger partial charge on any atom is -0.450 e. The van der Waals surface area contributed by atoms with Gasteiger partial charge >= 0.3 is 12.1 Å². The summed E-state index contributed by atoms with van der Waals surface area (Å²) in [6.07, 6.45) is -7.47. The van der Waals surface area contributed by atoms with Crippen molar-refractivity contribution in [1.29, 1.82) is 0 Å². The van der Waals surface area contributed by atoms with Gasteiger partial charge < -0.3 is 4.74 Å². The summed E-state index contributed by atoms with van der Waals surface area (Å²) in [5, 5.41) is 0. The van der Waals surface area contributed by atoms with E-state index in [4.69, 9.17) is 4.55 Å². The van der Waals surface area contributed by atoms with E-state index in [0.717, 1.165) is 0 Å². The molecule has 0 heterocycles. The molecule has 1 unspecified atom stereocenters. The van der Waals surface area contributed by atoms with Crippen LogP contribution in [0.25, 0.3) is 0 Å². The highest BCUT2D eigenvalue weighted by Crippen LogP contribution is 2.32. The molecule has 0 aliphatic heterocycles. The van der Waals surface area contributed by atoms with Gasteiger partial charge in [-0.2, -0.15) is 21.6 Å². The van der Waals surface area contributed by atoms with Gasteiger partial charge in [-0.25, -0.2) is 0 Å². The standard InChI is InChI=1S/C9H14F3IO5S/c1-3-8(13,4-2)7(14)18-6(9(10,11)12)5-19(15,16)17/h6H,3-5H2,1-2H3,(H,15,16,17). The van der Waals surface area contributed by atoms with Gasteiger partial charge in [0.15, 0.2) is 0 Å². The monoisotopic (exact) mass is 418 g/mol. The Morgan fingerprint density at radius 1 is 1.32 bits per heavy atom. The van der Waals surface area contributed by atoms with E-state index in [1.165, 1.54) is 0 Å². The summed E-state index contributed by atoms with van der Waals surface area (Å²) in [7, 11) is -4.91. The largest absolute Gasteiger partial charge is 0.450 e. The van der Waals surface area contributed by atoms with Crippen molar-refractivity contribution in [3.63, 3.8) is 0 Å². The maximum Gasteiger partial charge on any atom is 0.426 e. The second-order valence-corrected chi connectivity index (χ2v) is 7.42. The van der Waals surface area contributed by atoms with Crippen LogP contribution in [-0.4, -0.2) is 40.4 Å². The van der Waals surface area contributed by atoms with Gasteiger partial charge in [0.25, 0.3) is 10.1 Å². The Hall–Kier alpha value is -0.100. The van der Waals surface area contributed by atoms with Crippen molar-refractivity contribution in [2.45, 2.75) is 42.4 Å². The van der Waals surface area contributed by atoms with Gasteiger partial charge in [0.05, 0.1) is 0 Å². The minimum atomic E-state index is -5.06. The number of hydrogen-bond donors (Lipinski definition) is 1. The van der Waals surface area contributed by atoms with Crippen LogP contribution in [0.1, 0.15) is 26.7 Å². The van der Waals surface area contributed by atoms with E-state index in [-0.39, 0.29) is 12.8 Å². The first-order valence-electron chi connectivity index (χ1n) is 5.27. The summed E-state index contributed by atoms with van der Waals surface area (Å²) in [6, 6.07) is 0. The Morgan fingerprint density at radius 2 is 1.74 bits per heavy atom. The van der Waals surface area contributed by atoms with Crippen LogP contribution in [0.2, 0.25) is 0 Å². The fraction of sp³-hybridized carbons (Fsp3) is 0.889. The summed E-state index contributed by atoms with van der Waals surface area (Å²) < 4.78 is 70.2. The molecule has 0 aromatic carbocycles. The van der Waals surface area contributed by atoms with Crippen molar-refractivity contribution >= 4 is 38.7 Å². The van der Waals surface area contributed by atoms with Gasteiger partial charge in [0, 0.05) is 0 Å². The molecule has 114 valence electrons. The lowest BCUT2D eigenvalue weighted by Gasteiger charge is -2.26. The smallest absolute Gasteiger partial charge is 0.426 e. The molecule has 0 aliphatic rings. The zero-order chi connectivity index (χ0) is 15.5. The third-order valence-electron chi connectivity index (χ3n) is 2.46. The summed E-state index contributed by atoms with van der Waals surface area (Å²) in [5.74, 6) is -2.85. The molecule has 1 N–H and O–H groups in total. The predicted octanol–water partition coefficient (Wildman–Crippen LogP) is 2.34. The second kappa shape index (κ2) is 6.57. The molecule has 0 aromatic heterocycles. The number of rotatable bonds is 6. The molecule has 0 bridgehead atoms. The van der Waals surface area contributed by atoms with Crippen molar-refractivity contribution in [2.24, 2.45) is 0 Å². The van der Waals surface area contributed by atoms with E-state index in [1.54, 1.807) is 36.4 Å². The van der Waals surface area contributed by atoms with E-state index in [2.05, 4.69) is 4.74 Å². The fourth-order valence-corrected chi connectivity index (χ4v) is 1.93. The lowest BCUT2D eigenvalue weighted by atomic mass is 10.0. The topological polar surface area (TPSA) is 80.7 Å². The Labute approximate surface area is 122 Å². The molecule has 10 heteroatoms. The summed E-state index contributed by atoms with van der Waals surface area (Å²) >= 11 is 1.67. The molecule has 0 fully saturated rings. The van der Waals surface area contributed by atoms with Gasteiger partial charge in [-0.3, -0.25) is 9.35 Å². The average Bonchev–Trinajstić information content (AvgIpc) is 2.23. The van der Waals surface area contributed by atoms with Crippen molar-refractivity contribution in [3.8, 4) is 0 Å². The Bertz CT molecular complexity index is 416. The van der Waals surface area contributed by atoms with E-state index in [9.17, 15) is 26.4 Å². The molecule has 0 saturated heterocycles. The number of ether oxygens (including phenoxy) is 1. The van der Waals surface area contributed by atoms with Crippen LogP contribution in [0.15, 0.2) is 0 Å². The molecule has 5 nitrogen and oxygen atoms in total. The van der Waals surface area contributed by atoms with Crippen LogP contribution in [0.3, 0.4) is 0 Å². The van der Waals surface area contributed by atoms with E-state index in [0.29, 0.717) is 0 Å². The molecule has 19 heavy (non-hydrogen) atoms. The van der Waals surface area contributed by atoms with Crippen molar-refractivity contribution < 1.29 is 35.7 Å². The second-order valence-electron chi connectivity index (χ2n) is 3.86. The third-order valence-corrected chi connectivity index (χ3v) is 5.15. The maximum atomic E-state index is 12.6. The van der Waals surface area contributed by atoms with Gasteiger partial charge in [-0.1, -0.05) is 36.4 Å². The van der Waals surface area contributed by atoms with Crippen LogP contribution in [0, 0.1) is 0 Å². The van der Waals surface area contributed by atoms with Crippen LogP contribution in [0.4, 0.5) is 13.2 Å². The quantitative estimate of drug-likeness (QED) is 0.310. The van der Waals surface area contributed by atoms with Gasteiger partial charge in [-0.05, 0) is 12.8 Å². The van der Waals surface area contributed by atoms with Crippen molar-refractivity contribution in [3.05, 3.63) is 0 Å². The number of hydrogen-bond acceptors (Lipinski definition) is 4. The van der Waals surface area contributed by atoms with Crippen LogP contribution in [0.5, 0.6) is 0 Å². The molecule has 0 saturated carbocycles. The van der Waals surface area contributed by atoms with E-state index in [1.807, 2.05) is 0 Å². The minimum absolute atomic E-state index is 0.235. The van der Waals surface area contributed by atoms with Gasteiger partial charge in [0.1, 0.15) is 9.17 Å². The Balaban J connectivity index is 5.10. The van der Waals surface area contributed by atoms with E-state index < -0.39 is 37.5 Å². The number of carbonyl (C=O) groups excluding carboxylic acids is 1. The molecule has 0 spiro atoms. The molecule has 0 aromatic rings. The first-order valence-corrected chi connectivity index (χ1v) is 7.96. The van der Waals surface area contributed by atoms with Crippen molar-refractivity contribution in [1.82, 2.24) is 0 Å². The average molecular weight is 418 g/mol. The summed E-state index contributed by atoms with van der Waals surface area (Å²) in [4.78, 5) is 11.7. The zero-order valence-electron chi connectivity index (χ0n) is 10.2. The maximum absolute atomic E-state index is 12.6. The first-order chi connectivity index (χ1) is 8.35. The SMILES string of the molecule is CCC(I)(CC)C(=O)OC(CS(=O)(=O)O)C(F)(F)F. The first kappa shape index (κ1) is 18.9. The zero-order valence-corrected chi connectivity index (χ0v) is 13.2. The molecular formula is C9H14F3IO5S. The molecular weight excluding hydrogens is 404 g/mol. The molecule has 0 amide bonds. The number of esters is 1. The van der Waals surface area contributed by atoms with E-state index >= 15 is 0 Å². The van der Waals surface area contributed by atoms with Gasteiger partial charge in [0.2, 0.25) is 6.10 Å². The predicted molar refractivity (Wildman–Crippen MR) is 69.7 cm³/mol. The Kier molecular flexibility index (Phi) is 6.53. The fourth-order valence-electron chi connectivity index (χ4n) is 1.16. The lowest BCUT2D eigenvalue weighted by molar-refractivity contribution is -0.216. The molecule has 0 radical (unpaired) electrons. The Morgan fingerprint density at radius 3 is 2.00 bits per heavy atom. The molecule has 1 atom stereocenters. The highest BCUT2D eigenvalue weighted by atomic mass is 127. The van der Waals surface area contributed by atoms with Crippen molar-refractivity contribution in [2.75, 3.05) is 5.75 Å². The summed E-state index contributed by atoms with van der Waals surface area (Å²) in [5.41, 5.74) is 0. The summed E-state index contributed by atoms with van der Waals surface area (Å²) in [6.45, 7) is 3.20. The highest BCUT2D eigenvalue weighted by Gasteiger charge is 2.47. The molecule has 0 aliphatic carbocycles. The third kappa shape index (κ3) is 6.25. The number of halogens is 4. The number of alkyl halides is 4. The molecule has 0 rings (SSSR count). The van der Waals surface area contributed by atoms with Crippen LogP contribution in [-0.2, 0) is 19.6 Å². The number of carbonyl (C=O) groups is 1. The normalized spacial score (nSPS) is 15.1. The van der Waals surface area contributed by atoms with Crippen LogP contribution >= 0.6 is 22.6 Å². The van der Waals surface area contributed by atoms with Gasteiger partial charge in [-0.15, -0.1) is 0 Å². The lowest BCUT2D eigenvalue weighted by Crippen LogP contribution is -2.44. The van der Waals surface area contributed by atoms with Crippen LogP contribution < -0.4 is 0 Å². The highest BCUT2D eigenvalue weighted by molar-refractivity contribution is 14.1.